The van der Waals surface area contributed by atoms with Gasteiger partial charge in [0.15, 0.2) is 5.82 Å². The predicted molar refractivity (Wildman–Crippen MR) is 71.8 cm³/mol. The van der Waals surface area contributed by atoms with Crippen molar-refractivity contribution in [3.63, 3.8) is 0 Å². The third kappa shape index (κ3) is 3.15. The van der Waals surface area contributed by atoms with Crippen molar-refractivity contribution in [1.82, 2.24) is 9.78 Å². The number of aryl methyl sites for hydroxylation is 1. The van der Waals surface area contributed by atoms with Gasteiger partial charge in [-0.05, 0) is 18.2 Å². The van der Waals surface area contributed by atoms with Crippen LogP contribution in [0.5, 0.6) is 0 Å². The molecule has 0 spiro atoms. The summed E-state index contributed by atoms with van der Waals surface area (Å²) in [5.41, 5.74) is 0. The molecule has 10 heteroatoms. The predicted octanol–water partition coefficient (Wildman–Crippen LogP) is -0.132. The van der Waals surface area contributed by atoms with Gasteiger partial charge in [-0.25, -0.2) is 22.0 Å². The second kappa shape index (κ2) is 4.89. The highest BCUT2D eigenvalue weighted by atomic mass is 32.2. The molecule has 0 aliphatic rings. The van der Waals surface area contributed by atoms with E-state index in [0.29, 0.717) is 0 Å². The van der Waals surface area contributed by atoms with E-state index in [4.69, 9.17) is 5.14 Å². The maximum atomic E-state index is 12.1. The normalized spacial score (nSPS) is 12.3. The van der Waals surface area contributed by atoms with Crippen LogP contribution in [0.25, 0.3) is 0 Å². The third-order valence-corrected chi connectivity index (χ3v) is 4.66. The van der Waals surface area contributed by atoms with Gasteiger partial charge in [-0.15, -0.1) is 0 Å². The van der Waals surface area contributed by atoms with E-state index in [-0.39, 0.29) is 15.6 Å². The number of rotatable bonds is 4. The van der Waals surface area contributed by atoms with Gasteiger partial charge < -0.3 is 0 Å². The fourth-order valence-electron chi connectivity index (χ4n) is 1.48. The summed E-state index contributed by atoms with van der Waals surface area (Å²) in [6, 6.07) is 6.24. The number of anilines is 1. The molecule has 0 aliphatic heterocycles. The summed E-state index contributed by atoms with van der Waals surface area (Å²) in [5.74, 6) is 0.133. The van der Waals surface area contributed by atoms with Crippen LogP contribution in [0.4, 0.5) is 5.82 Å². The average Bonchev–Trinajstić information content (AvgIpc) is 2.73. The second-order valence-electron chi connectivity index (χ2n) is 4.00. The van der Waals surface area contributed by atoms with Gasteiger partial charge in [-0.1, -0.05) is 6.07 Å². The van der Waals surface area contributed by atoms with Gasteiger partial charge in [0.2, 0.25) is 10.0 Å². The zero-order valence-electron chi connectivity index (χ0n) is 10.4. The van der Waals surface area contributed by atoms with E-state index >= 15 is 0 Å². The lowest BCUT2D eigenvalue weighted by Crippen LogP contribution is -2.16. The van der Waals surface area contributed by atoms with Gasteiger partial charge >= 0.3 is 0 Å². The first kappa shape index (κ1) is 14.5. The van der Waals surface area contributed by atoms with Crippen LogP contribution >= 0.6 is 0 Å². The first-order chi connectivity index (χ1) is 9.18. The number of aromatic nitrogens is 2. The molecular formula is C10H12N4O4S2. The molecule has 8 nitrogen and oxygen atoms in total. The highest BCUT2D eigenvalue weighted by molar-refractivity contribution is 7.92. The molecule has 20 heavy (non-hydrogen) atoms. The topological polar surface area (TPSA) is 124 Å². The van der Waals surface area contributed by atoms with Crippen molar-refractivity contribution in [2.45, 2.75) is 9.79 Å². The summed E-state index contributed by atoms with van der Waals surface area (Å²) in [6.45, 7) is 0. The molecule has 0 fully saturated rings. The molecule has 0 atom stereocenters. The fourth-order valence-corrected chi connectivity index (χ4v) is 3.16. The van der Waals surface area contributed by atoms with Crippen molar-refractivity contribution in [2.24, 2.45) is 12.2 Å². The maximum Gasteiger partial charge on any atom is 0.263 e. The molecule has 1 heterocycles. The van der Waals surface area contributed by atoms with Gasteiger partial charge in [-0.3, -0.25) is 9.40 Å². The quantitative estimate of drug-likeness (QED) is 0.813. The lowest BCUT2D eigenvalue weighted by Gasteiger charge is -2.06. The minimum absolute atomic E-state index is 0.133. The SMILES string of the molecule is Cn1ccc(NS(=O)(=O)c2cccc(S(N)(=O)=O)c2)n1. The molecule has 2 aromatic rings. The Labute approximate surface area is 116 Å². The lowest BCUT2D eigenvalue weighted by atomic mass is 10.4. The molecule has 108 valence electrons. The van der Waals surface area contributed by atoms with Crippen LogP contribution < -0.4 is 9.86 Å². The van der Waals surface area contributed by atoms with Crippen molar-refractivity contribution < 1.29 is 16.8 Å². The third-order valence-electron chi connectivity index (χ3n) is 2.40. The number of nitrogens with one attached hydrogen (secondary N) is 1. The van der Waals surface area contributed by atoms with Crippen molar-refractivity contribution in [2.75, 3.05) is 4.72 Å². The van der Waals surface area contributed by atoms with Crippen LogP contribution in [0.2, 0.25) is 0 Å². The smallest absolute Gasteiger partial charge is 0.263 e. The maximum absolute atomic E-state index is 12.1. The molecule has 0 bridgehead atoms. The summed E-state index contributed by atoms with van der Waals surface area (Å²) >= 11 is 0. The van der Waals surface area contributed by atoms with E-state index < -0.39 is 20.0 Å². The van der Waals surface area contributed by atoms with Gasteiger partial charge in [0.1, 0.15) is 0 Å². The number of hydrogen-bond acceptors (Lipinski definition) is 5. The van der Waals surface area contributed by atoms with Gasteiger partial charge in [0, 0.05) is 19.3 Å². The largest absolute Gasteiger partial charge is 0.274 e. The van der Waals surface area contributed by atoms with E-state index in [0.717, 1.165) is 6.07 Å². The fraction of sp³-hybridized carbons (Fsp3) is 0.100. The van der Waals surface area contributed by atoms with Crippen LogP contribution in [0.3, 0.4) is 0 Å². The zero-order valence-corrected chi connectivity index (χ0v) is 12.0. The van der Waals surface area contributed by atoms with E-state index in [1.807, 2.05) is 0 Å². The van der Waals surface area contributed by atoms with Crippen LogP contribution in [-0.4, -0.2) is 26.6 Å². The molecule has 0 amide bonds. The summed E-state index contributed by atoms with van der Waals surface area (Å²) in [5, 5.41) is 8.84. The van der Waals surface area contributed by atoms with E-state index in [1.165, 1.54) is 28.9 Å². The Morgan fingerprint density at radius 3 is 2.35 bits per heavy atom. The lowest BCUT2D eigenvalue weighted by molar-refractivity contribution is 0.597. The average molecular weight is 316 g/mol. The first-order valence-electron chi connectivity index (χ1n) is 5.34. The number of sulfonamides is 2. The molecule has 3 N–H and O–H groups in total. The molecule has 0 aliphatic carbocycles. The molecule has 2 rings (SSSR count). The Bertz CT molecular complexity index is 840. The van der Waals surface area contributed by atoms with E-state index in [1.54, 1.807) is 13.2 Å². The standard InChI is InChI=1S/C10H12N4O4S2/c1-14-6-5-10(12-14)13-20(17,18)9-4-2-3-8(7-9)19(11,15)16/h2-7H,1H3,(H,12,13)(H2,11,15,16). The summed E-state index contributed by atoms with van der Waals surface area (Å²) in [7, 11) is -6.26. The summed E-state index contributed by atoms with van der Waals surface area (Å²) < 4.78 is 50.3. The van der Waals surface area contributed by atoms with Gasteiger partial charge in [0.25, 0.3) is 10.0 Å². The Morgan fingerprint density at radius 2 is 1.80 bits per heavy atom. The molecule has 0 radical (unpaired) electrons. The van der Waals surface area contributed by atoms with Crippen LogP contribution in [0.15, 0.2) is 46.3 Å². The summed E-state index contributed by atoms with van der Waals surface area (Å²) in [4.78, 5) is -0.490. The van der Waals surface area contributed by atoms with Crippen molar-refractivity contribution in [3.05, 3.63) is 36.5 Å². The Hall–Kier alpha value is -1.91. The highest BCUT2D eigenvalue weighted by Gasteiger charge is 2.18. The summed E-state index contributed by atoms with van der Waals surface area (Å²) in [6.07, 6.45) is 1.57. The number of benzene rings is 1. The monoisotopic (exact) mass is 316 g/mol. The molecule has 0 saturated heterocycles. The number of nitrogens with zero attached hydrogens (tertiary/aromatic N) is 2. The Morgan fingerprint density at radius 1 is 1.15 bits per heavy atom. The number of primary sulfonamides is 1. The second-order valence-corrected chi connectivity index (χ2v) is 7.24. The molecule has 0 saturated carbocycles. The van der Waals surface area contributed by atoms with Crippen molar-refractivity contribution >= 4 is 25.9 Å². The van der Waals surface area contributed by atoms with Gasteiger partial charge in [0.05, 0.1) is 9.79 Å². The van der Waals surface area contributed by atoms with Crippen LogP contribution in [-0.2, 0) is 27.1 Å². The minimum Gasteiger partial charge on any atom is -0.274 e. The first-order valence-corrected chi connectivity index (χ1v) is 8.37. The van der Waals surface area contributed by atoms with Crippen LogP contribution in [0.1, 0.15) is 0 Å². The number of nitrogens with two attached hydrogens (primary N) is 1. The molecule has 1 aromatic heterocycles. The Kier molecular flexibility index (Phi) is 3.54. The Balaban J connectivity index is 2.40. The molecular weight excluding hydrogens is 304 g/mol. The molecule has 1 aromatic carbocycles. The zero-order chi connectivity index (χ0) is 15.0. The van der Waals surface area contributed by atoms with Gasteiger partial charge in [-0.2, -0.15) is 5.10 Å². The van der Waals surface area contributed by atoms with Crippen LogP contribution in [0, 0.1) is 0 Å². The van der Waals surface area contributed by atoms with Crippen molar-refractivity contribution in [3.8, 4) is 0 Å². The van der Waals surface area contributed by atoms with E-state index in [2.05, 4.69) is 9.82 Å². The van der Waals surface area contributed by atoms with E-state index in [9.17, 15) is 16.8 Å². The minimum atomic E-state index is -3.97. The number of hydrogen-bond donors (Lipinski definition) is 2. The highest BCUT2D eigenvalue weighted by Crippen LogP contribution is 2.17. The van der Waals surface area contributed by atoms with Crippen molar-refractivity contribution in [1.29, 1.82) is 0 Å². The molecule has 0 unspecified atom stereocenters.